The summed E-state index contributed by atoms with van der Waals surface area (Å²) in [7, 11) is 0. The van der Waals surface area contributed by atoms with Gasteiger partial charge >= 0.3 is 6.03 Å². The third kappa shape index (κ3) is 5.10. The van der Waals surface area contributed by atoms with Gasteiger partial charge in [0.2, 0.25) is 5.89 Å². The molecule has 0 saturated heterocycles. The minimum absolute atomic E-state index is 0.168. The lowest BCUT2D eigenvalue weighted by atomic mass is 10.0. The Morgan fingerprint density at radius 3 is 2.61 bits per heavy atom. The van der Waals surface area contributed by atoms with Gasteiger partial charge in [-0.05, 0) is 32.8 Å². The van der Waals surface area contributed by atoms with E-state index in [4.69, 9.17) is 4.42 Å². The van der Waals surface area contributed by atoms with Crippen molar-refractivity contribution < 1.29 is 14.3 Å². The van der Waals surface area contributed by atoms with E-state index in [0.29, 0.717) is 12.3 Å². The maximum absolute atomic E-state index is 11.9. The highest BCUT2D eigenvalue weighted by Crippen LogP contribution is 2.17. The standard InChI is InChI=1S/C17H23N3O3/c1-11(9-15(21)14-7-5-4-6-8-14)19-17(22)18-10-16-20-12(2)13(3)23-16/h4-8,11,15,21H,9-10H2,1-3H3,(H2,18,19,22)/t11-,15+/m1/s1. The smallest absolute Gasteiger partial charge is 0.315 e. The number of hydrogen-bond acceptors (Lipinski definition) is 4. The number of aryl methyl sites for hydroxylation is 2. The summed E-state index contributed by atoms with van der Waals surface area (Å²) in [5, 5.41) is 15.6. The van der Waals surface area contributed by atoms with Gasteiger partial charge in [0, 0.05) is 6.04 Å². The zero-order valence-electron chi connectivity index (χ0n) is 13.7. The summed E-state index contributed by atoms with van der Waals surface area (Å²) in [4.78, 5) is 16.1. The average Bonchev–Trinajstić information content (AvgIpc) is 2.84. The first-order valence-corrected chi connectivity index (χ1v) is 7.66. The third-order valence-electron chi connectivity index (χ3n) is 3.61. The van der Waals surface area contributed by atoms with Gasteiger partial charge in [-0.25, -0.2) is 9.78 Å². The van der Waals surface area contributed by atoms with Gasteiger partial charge in [-0.15, -0.1) is 0 Å². The monoisotopic (exact) mass is 317 g/mol. The lowest BCUT2D eigenvalue weighted by molar-refractivity contribution is 0.154. The summed E-state index contributed by atoms with van der Waals surface area (Å²) in [6.45, 7) is 5.77. The second-order valence-electron chi connectivity index (χ2n) is 5.64. The Hall–Kier alpha value is -2.34. The highest BCUT2D eigenvalue weighted by molar-refractivity contribution is 5.74. The van der Waals surface area contributed by atoms with Crippen molar-refractivity contribution in [1.82, 2.24) is 15.6 Å². The first-order valence-electron chi connectivity index (χ1n) is 7.66. The molecule has 1 aromatic carbocycles. The fraction of sp³-hybridized carbons (Fsp3) is 0.412. The van der Waals surface area contributed by atoms with Crippen LogP contribution < -0.4 is 10.6 Å². The molecule has 0 aliphatic rings. The van der Waals surface area contributed by atoms with Crippen LogP contribution in [0, 0.1) is 13.8 Å². The molecule has 6 nitrogen and oxygen atoms in total. The summed E-state index contributed by atoms with van der Waals surface area (Å²) in [6.07, 6.45) is -0.169. The first-order chi connectivity index (χ1) is 11.0. The second-order valence-corrected chi connectivity index (χ2v) is 5.64. The molecule has 23 heavy (non-hydrogen) atoms. The van der Waals surface area contributed by atoms with Crippen molar-refractivity contribution in [3.8, 4) is 0 Å². The number of aliphatic hydroxyl groups excluding tert-OH is 1. The van der Waals surface area contributed by atoms with Crippen molar-refractivity contribution in [1.29, 1.82) is 0 Å². The summed E-state index contributed by atoms with van der Waals surface area (Å²) < 4.78 is 5.40. The number of nitrogens with zero attached hydrogens (tertiary/aromatic N) is 1. The lowest BCUT2D eigenvalue weighted by Crippen LogP contribution is -2.41. The van der Waals surface area contributed by atoms with Crippen LogP contribution in [0.15, 0.2) is 34.7 Å². The SMILES string of the molecule is Cc1nc(CNC(=O)N[C@H](C)C[C@H](O)c2ccccc2)oc1C. The van der Waals surface area contributed by atoms with E-state index < -0.39 is 6.10 Å². The zero-order valence-corrected chi connectivity index (χ0v) is 13.7. The molecule has 0 aliphatic heterocycles. The van der Waals surface area contributed by atoms with Crippen LogP contribution in [0.2, 0.25) is 0 Å². The van der Waals surface area contributed by atoms with Gasteiger partial charge in [-0.2, -0.15) is 0 Å². The van der Waals surface area contributed by atoms with Crippen LogP contribution in [0.5, 0.6) is 0 Å². The number of rotatable bonds is 6. The Morgan fingerprint density at radius 1 is 1.30 bits per heavy atom. The third-order valence-corrected chi connectivity index (χ3v) is 3.61. The molecule has 3 N–H and O–H groups in total. The van der Waals surface area contributed by atoms with Crippen LogP contribution in [0.25, 0.3) is 0 Å². The number of carbonyl (C=O) groups excluding carboxylic acids is 1. The number of carbonyl (C=O) groups is 1. The van der Waals surface area contributed by atoms with E-state index in [1.807, 2.05) is 51.1 Å². The van der Waals surface area contributed by atoms with Gasteiger partial charge in [-0.3, -0.25) is 0 Å². The molecule has 0 unspecified atom stereocenters. The van der Waals surface area contributed by atoms with E-state index in [9.17, 15) is 9.90 Å². The van der Waals surface area contributed by atoms with Gasteiger partial charge in [0.1, 0.15) is 5.76 Å². The van der Waals surface area contributed by atoms with Crippen molar-refractivity contribution in [2.45, 2.75) is 45.9 Å². The zero-order chi connectivity index (χ0) is 16.8. The molecule has 124 valence electrons. The van der Waals surface area contributed by atoms with Crippen LogP contribution in [-0.2, 0) is 6.54 Å². The highest BCUT2D eigenvalue weighted by atomic mass is 16.4. The number of hydrogen-bond donors (Lipinski definition) is 3. The predicted molar refractivity (Wildman–Crippen MR) is 86.8 cm³/mol. The molecule has 2 rings (SSSR count). The van der Waals surface area contributed by atoms with E-state index in [0.717, 1.165) is 17.0 Å². The van der Waals surface area contributed by atoms with E-state index in [-0.39, 0.29) is 18.6 Å². The Bertz CT molecular complexity index is 620. The number of nitrogens with one attached hydrogen (secondary N) is 2. The molecule has 0 saturated carbocycles. The molecule has 0 spiro atoms. The largest absolute Gasteiger partial charge is 0.444 e. The van der Waals surface area contributed by atoms with Crippen molar-refractivity contribution in [2.24, 2.45) is 0 Å². The number of urea groups is 1. The summed E-state index contributed by atoms with van der Waals surface area (Å²) in [5.74, 6) is 1.23. The van der Waals surface area contributed by atoms with Gasteiger partial charge in [0.25, 0.3) is 0 Å². The van der Waals surface area contributed by atoms with Gasteiger partial charge in [-0.1, -0.05) is 30.3 Å². The molecular weight excluding hydrogens is 294 g/mol. The van der Waals surface area contributed by atoms with Crippen LogP contribution in [-0.4, -0.2) is 22.2 Å². The molecule has 0 aliphatic carbocycles. The normalized spacial score (nSPS) is 13.4. The highest BCUT2D eigenvalue weighted by Gasteiger charge is 2.14. The fourth-order valence-corrected chi connectivity index (χ4v) is 2.25. The lowest BCUT2D eigenvalue weighted by Gasteiger charge is -2.18. The molecule has 0 fully saturated rings. The Balaban J connectivity index is 1.76. The number of benzene rings is 1. The number of aliphatic hydroxyl groups is 1. The first kappa shape index (κ1) is 17.0. The minimum Gasteiger partial charge on any atom is -0.444 e. The van der Waals surface area contributed by atoms with E-state index >= 15 is 0 Å². The molecule has 6 heteroatoms. The molecule has 0 bridgehead atoms. The van der Waals surface area contributed by atoms with Crippen molar-refractivity contribution in [2.75, 3.05) is 0 Å². The number of amides is 2. The van der Waals surface area contributed by atoms with Crippen LogP contribution in [0.4, 0.5) is 4.79 Å². The van der Waals surface area contributed by atoms with E-state index in [2.05, 4.69) is 15.6 Å². The van der Waals surface area contributed by atoms with Crippen LogP contribution >= 0.6 is 0 Å². The van der Waals surface area contributed by atoms with Crippen LogP contribution in [0.3, 0.4) is 0 Å². The fourth-order valence-electron chi connectivity index (χ4n) is 2.25. The molecular formula is C17H23N3O3. The van der Waals surface area contributed by atoms with Crippen molar-refractivity contribution in [3.05, 3.63) is 53.2 Å². The molecule has 2 aromatic rings. The van der Waals surface area contributed by atoms with Gasteiger partial charge in [0.05, 0.1) is 18.3 Å². The van der Waals surface area contributed by atoms with Gasteiger partial charge < -0.3 is 20.2 Å². The predicted octanol–water partition coefficient (Wildman–Crippen LogP) is 2.60. The average molecular weight is 317 g/mol. The second kappa shape index (κ2) is 7.78. The number of aromatic nitrogens is 1. The Labute approximate surface area is 135 Å². The van der Waals surface area contributed by atoms with Crippen LogP contribution in [0.1, 0.15) is 42.4 Å². The quantitative estimate of drug-likeness (QED) is 0.764. The molecule has 1 heterocycles. The molecule has 2 amide bonds. The van der Waals surface area contributed by atoms with Crippen molar-refractivity contribution >= 4 is 6.03 Å². The topological polar surface area (TPSA) is 87.4 Å². The number of oxazole rings is 1. The summed E-state index contributed by atoms with van der Waals surface area (Å²) >= 11 is 0. The maximum Gasteiger partial charge on any atom is 0.315 e. The molecule has 1 aromatic heterocycles. The summed E-state index contributed by atoms with van der Waals surface area (Å²) in [5.41, 5.74) is 1.66. The van der Waals surface area contributed by atoms with E-state index in [1.54, 1.807) is 0 Å². The molecule has 2 atom stereocenters. The minimum atomic E-state index is -0.608. The molecule has 0 radical (unpaired) electrons. The van der Waals surface area contributed by atoms with Gasteiger partial charge in [0.15, 0.2) is 0 Å². The Morgan fingerprint density at radius 2 is 2.00 bits per heavy atom. The summed E-state index contributed by atoms with van der Waals surface area (Å²) in [6, 6.07) is 8.91. The van der Waals surface area contributed by atoms with Crippen molar-refractivity contribution in [3.63, 3.8) is 0 Å². The van der Waals surface area contributed by atoms with E-state index in [1.165, 1.54) is 0 Å². The maximum atomic E-state index is 11.9. The Kier molecular flexibility index (Phi) is 5.76.